The Labute approximate surface area is 164 Å². The largest absolute Gasteiger partial charge is 0.497 e. The molecule has 0 radical (unpaired) electrons. The van der Waals surface area contributed by atoms with Gasteiger partial charge in [-0.25, -0.2) is 9.97 Å². The van der Waals surface area contributed by atoms with Gasteiger partial charge in [0.15, 0.2) is 11.6 Å². The minimum atomic E-state index is 0.714. The van der Waals surface area contributed by atoms with Crippen LogP contribution in [0.2, 0.25) is 0 Å². The molecule has 0 N–H and O–H groups in total. The summed E-state index contributed by atoms with van der Waals surface area (Å²) in [4.78, 5) is 13.2. The normalized spacial score (nSPS) is 14.8. The van der Waals surface area contributed by atoms with Gasteiger partial charge in [0.25, 0.3) is 0 Å². The van der Waals surface area contributed by atoms with Crippen molar-refractivity contribution < 1.29 is 4.74 Å². The number of hydrogen-bond acceptors (Lipinski definition) is 8. The van der Waals surface area contributed by atoms with E-state index in [1.807, 2.05) is 42.1 Å². The smallest absolute Gasteiger partial charge is 0.162 e. The molecule has 3 aromatic heterocycles. The van der Waals surface area contributed by atoms with E-state index < -0.39 is 0 Å². The van der Waals surface area contributed by atoms with Crippen LogP contribution in [0.3, 0.4) is 0 Å². The van der Waals surface area contributed by atoms with E-state index >= 15 is 0 Å². The Balaban J connectivity index is 1.77. The molecule has 0 spiro atoms. The van der Waals surface area contributed by atoms with Gasteiger partial charge < -0.3 is 9.64 Å². The third-order valence-electron chi connectivity index (χ3n) is 4.63. The van der Waals surface area contributed by atoms with Gasteiger partial charge >= 0.3 is 0 Å². The van der Waals surface area contributed by atoms with Gasteiger partial charge in [0.05, 0.1) is 23.5 Å². The van der Waals surface area contributed by atoms with Crippen molar-refractivity contribution in [3.8, 4) is 17.1 Å². The summed E-state index contributed by atoms with van der Waals surface area (Å²) in [7, 11) is 1.67. The summed E-state index contributed by atoms with van der Waals surface area (Å²) in [6.07, 6.45) is 1.72. The number of methoxy groups -OCH3 is 1. The number of thioether (sulfide) groups is 1. The number of fused-ring (bicyclic) bond motifs is 3. The monoisotopic (exact) mass is 395 g/mol. The molecule has 1 aliphatic rings. The highest BCUT2D eigenvalue weighted by Crippen LogP contribution is 2.38. The summed E-state index contributed by atoms with van der Waals surface area (Å²) in [6.45, 7) is 1.99. The second kappa shape index (κ2) is 6.94. The highest BCUT2D eigenvalue weighted by molar-refractivity contribution is 7.99. The van der Waals surface area contributed by atoms with Crippen molar-refractivity contribution in [2.45, 2.75) is 0 Å². The Kier molecular flexibility index (Phi) is 4.29. The maximum atomic E-state index is 5.38. The van der Waals surface area contributed by atoms with Gasteiger partial charge in [-0.15, -0.1) is 16.4 Å². The van der Waals surface area contributed by atoms with Gasteiger partial charge in [0.2, 0.25) is 0 Å². The lowest BCUT2D eigenvalue weighted by Crippen LogP contribution is -2.33. The number of hydrogen-bond donors (Lipinski definition) is 0. The Morgan fingerprint density at radius 3 is 2.85 bits per heavy atom. The summed E-state index contributed by atoms with van der Waals surface area (Å²) in [5.74, 6) is 4.75. The molecule has 4 heterocycles. The summed E-state index contributed by atoms with van der Waals surface area (Å²) in [6, 6.07) is 9.88. The Morgan fingerprint density at radius 2 is 2.00 bits per heavy atom. The van der Waals surface area contributed by atoms with E-state index in [0.29, 0.717) is 5.82 Å². The average molecular weight is 396 g/mol. The number of aromatic nitrogens is 4. The number of ether oxygens (including phenoxy) is 1. The lowest BCUT2D eigenvalue weighted by molar-refractivity contribution is 0.415. The van der Waals surface area contributed by atoms with Crippen LogP contribution in [0.25, 0.3) is 31.8 Å². The Hall–Kier alpha value is -2.45. The molecule has 136 valence electrons. The van der Waals surface area contributed by atoms with E-state index in [-0.39, 0.29) is 0 Å². The van der Waals surface area contributed by atoms with Crippen LogP contribution < -0.4 is 9.64 Å². The molecule has 1 aromatic carbocycles. The van der Waals surface area contributed by atoms with Crippen LogP contribution in [-0.2, 0) is 0 Å². The van der Waals surface area contributed by atoms with Gasteiger partial charge in [0, 0.05) is 35.5 Å². The minimum absolute atomic E-state index is 0.714. The van der Waals surface area contributed by atoms with Crippen LogP contribution in [0.5, 0.6) is 5.75 Å². The SMILES string of the molecule is COc1cccc(-c2nc(N3CCSCC3)c3sc4nnccc4c3n2)c1. The second-order valence-corrected chi connectivity index (χ2v) is 8.46. The molecule has 0 bridgehead atoms. The zero-order chi connectivity index (χ0) is 18.2. The molecule has 0 unspecified atom stereocenters. The molecule has 1 saturated heterocycles. The van der Waals surface area contributed by atoms with Crippen molar-refractivity contribution in [1.82, 2.24) is 20.2 Å². The molecule has 8 heteroatoms. The lowest BCUT2D eigenvalue weighted by atomic mass is 10.2. The molecule has 1 aliphatic heterocycles. The zero-order valence-electron chi connectivity index (χ0n) is 14.8. The van der Waals surface area contributed by atoms with Gasteiger partial charge in [-0.2, -0.15) is 16.9 Å². The summed E-state index contributed by atoms with van der Waals surface area (Å²) >= 11 is 3.61. The lowest BCUT2D eigenvalue weighted by Gasteiger charge is -2.28. The van der Waals surface area contributed by atoms with Crippen molar-refractivity contribution in [2.75, 3.05) is 36.6 Å². The summed E-state index contributed by atoms with van der Waals surface area (Å²) in [5.41, 5.74) is 1.90. The first kappa shape index (κ1) is 16.7. The maximum absolute atomic E-state index is 5.38. The molecule has 1 fully saturated rings. The van der Waals surface area contributed by atoms with Crippen LogP contribution in [0, 0.1) is 0 Å². The fraction of sp³-hybridized carbons (Fsp3) is 0.263. The Bertz CT molecular complexity index is 1120. The van der Waals surface area contributed by atoms with Crippen LogP contribution >= 0.6 is 23.1 Å². The van der Waals surface area contributed by atoms with Crippen molar-refractivity contribution in [3.05, 3.63) is 36.5 Å². The van der Waals surface area contributed by atoms with Crippen LogP contribution in [-0.4, -0.2) is 51.9 Å². The van der Waals surface area contributed by atoms with Crippen LogP contribution in [0.4, 0.5) is 5.82 Å². The zero-order valence-corrected chi connectivity index (χ0v) is 16.4. The average Bonchev–Trinajstić information content (AvgIpc) is 3.12. The van der Waals surface area contributed by atoms with E-state index in [2.05, 4.69) is 15.1 Å². The molecule has 0 atom stereocenters. The third kappa shape index (κ3) is 2.98. The topological polar surface area (TPSA) is 64.0 Å². The molecule has 6 nitrogen and oxygen atoms in total. The van der Waals surface area contributed by atoms with Crippen molar-refractivity contribution in [3.63, 3.8) is 0 Å². The standard InChI is InChI=1S/C19H17N5OS2/c1-25-13-4-2-3-12(11-13)17-21-15-14-5-6-20-23-19(14)27-16(15)18(22-17)24-7-9-26-10-8-24/h2-6,11H,7-10H2,1H3. The highest BCUT2D eigenvalue weighted by atomic mass is 32.2. The first-order valence-electron chi connectivity index (χ1n) is 8.72. The van der Waals surface area contributed by atoms with Gasteiger partial charge in [-0.05, 0) is 18.2 Å². The van der Waals surface area contributed by atoms with Crippen LogP contribution in [0.15, 0.2) is 36.5 Å². The number of rotatable bonds is 3. The van der Waals surface area contributed by atoms with Crippen molar-refractivity contribution in [2.24, 2.45) is 0 Å². The van der Waals surface area contributed by atoms with Crippen molar-refractivity contribution >= 4 is 49.3 Å². The fourth-order valence-electron chi connectivity index (χ4n) is 3.27. The third-order valence-corrected chi connectivity index (χ3v) is 6.64. The van der Waals surface area contributed by atoms with E-state index in [1.54, 1.807) is 24.6 Å². The maximum Gasteiger partial charge on any atom is 0.162 e. The van der Waals surface area contributed by atoms with E-state index in [1.165, 1.54) is 0 Å². The molecule has 0 saturated carbocycles. The number of thiophene rings is 1. The first-order chi connectivity index (χ1) is 13.3. The van der Waals surface area contributed by atoms with Gasteiger partial charge in [-0.3, -0.25) is 0 Å². The van der Waals surface area contributed by atoms with Gasteiger partial charge in [-0.1, -0.05) is 12.1 Å². The molecular formula is C19H17N5OS2. The predicted octanol–water partition coefficient (Wildman–Crippen LogP) is 3.86. The molecule has 0 aliphatic carbocycles. The summed E-state index contributed by atoms with van der Waals surface area (Å²) in [5, 5.41) is 9.36. The fourth-order valence-corrected chi connectivity index (χ4v) is 5.24. The van der Waals surface area contributed by atoms with E-state index in [4.69, 9.17) is 14.7 Å². The minimum Gasteiger partial charge on any atom is -0.497 e. The summed E-state index contributed by atoms with van der Waals surface area (Å²) < 4.78 is 6.47. The Morgan fingerprint density at radius 1 is 1.11 bits per heavy atom. The number of benzene rings is 1. The highest BCUT2D eigenvalue weighted by Gasteiger charge is 2.21. The van der Waals surface area contributed by atoms with E-state index in [9.17, 15) is 0 Å². The van der Waals surface area contributed by atoms with E-state index in [0.717, 1.165) is 62.2 Å². The van der Waals surface area contributed by atoms with Crippen molar-refractivity contribution in [1.29, 1.82) is 0 Å². The van der Waals surface area contributed by atoms with Gasteiger partial charge in [0.1, 0.15) is 10.6 Å². The number of anilines is 1. The second-order valence-electron chi connectivity index (χ2n) is 6.23. The molecule has 0 amide bonds. The molecule has 5 rings (SSSR count). The molecule has 27 heavy (non-hydrogen) atoms. The molecular weight excluding hydrogens is 378 g/mol. The molecule has 4 aromatic rings. The number of nitrogens with zero attached hydrogens (tertiary/aromatic N) is 5. The first-order valence-corrected chi connectivity index (χ1v) is 10.7. The predicted molar refractivity (Wildman–Crippen MR) is 112 cm³/mol. The quantitative estimate of drug-likeness (QED) is 0.522. The van der Waals surface area contributed by atoms with Crippen LogP contribution in [0.1, 0.15) is 0 Å².